The van der Waals surface area contributed by atoms with Gasteiger partial charge in [-0.15, -0.1) is 0 Å². The smallest absolute Gasteiger partial charge is 0.230 e. The Morgan fingerprint density at radius 3 is 2.95 bits per heavy atom. The zero-order valence-electron chi connectivity index (χ0n) is 12.7. The molecule has 2 aromatic heterocycles. The van der Waals surface area contributed by atoms with Gasteiger partial charge >= 0.3 is 0 Å². The van der Waals surface area contributed by atoms with Crippen LogP contribution in [0.2, 0.25) is 0 Å². The SMILES string of the molecule is CC[n+]1ccn2cc(C3=C(Cl)C4C(C)C4C=C3)c(C)cc21. The average molecular weight is 300 g/mol. The number of aromatic nitrogens is 2. The van der Waals surface area contributed by atoms with Crippen LogP contribution in [-0.4, -0.2) is 4.40 Å². The van der Waals surface area contributed by atoms with Crippen LogP contribution in [0, 0.1) is 24.7 Å². The first-order valence-electron chi connectivity index (χ1n) is 7.70. The van der Waals surface area contributed by atoms with Gasteiger partial charge in [-0.2, -0.15) is 0 Å². The molecule has 3 heteroatoms. The molecule has 0 bridgehead atoms. The Kier molecular flexibility index (Phi) is 2.80. The highest BCUT2D eigenvalue weighted by Crippen LogP contribution is 2.57. The van der Waals surface area contributed by atoms with Crippen LogP contribution < -0.4 is 4.57 Å². The van der Waals surface area contributed by atoms with Gasteiger partial charge in [-0.25, -0.2) is 8.97 Å². The Balaban J connectivity index is 1.88. The molecule has 4 rings (SSSR count). The average Bonchev–Trinajstić information content (AvgIpc) is 2.97. The van der Waals surface area contributed by atoms with Crippen molar-refractivity contribution in [3.8, 4) is 0 Å². The Morgan fingerprint density at radius 1 is 1.38 bits per heavy atom. The van der Waals surface area contributed by atoms with Crippen molar-refractivity contribution in [1.29, 1.82) is 0 Å². The van der Waals surface area contributed by atoms with Gasteiger partial charge in [0.25, 0.3) is 5.65 Å². The summed E-state index contributed by atoms with van der Waals surface area (Å²) < 4.78 is 4.45. The van der Waals surface area contributed by atoms with E-state index in [2.05, 4.69) is 66.5 Å². The Hall–Kier alpha value is -1.54. The van der Waals surface area contributed by atoms with Crippen molar-refractivity contribution >= 4 is 22.8 Å². The molecule has 2 nitrogen and oxygen atoms in total. The van der Waals surface area contributed by atoms with E-state index in [1.165, 1.54) is 22.3 Å². The number of pyridine rings is 1. The fourth-order valence-corrected chi connectivity index (χ4v) is 4.16. The van der Waals surface area contributed by atoms with Crippen molar-refractivity contribution in [2.24, 2.45) is 17.8 Å². The standard InChI is InChI=1S/C18H20ClN2/c1-4-20-7-8-21-10-15(11(2)9-16(20)21)14-6-5-13-12(3)17(13)18(14)19/h5-10,12-13,17H,4H2,1-3H3/q+1. The Morgan fingerprint density at radius 2 is 2.19 bits per heavy atom. The van der Waals surface area contributed by atoms with Crippen LogP contribution >= 0.6 is 11.6 Å². The predicted octanol–water partition coefficient (Wildman–Crippen LogP) is 3.96. The maximum Gasteiger partial charge on any atom is 0.286 e. The van der Waals surface area contributed by atoms with Crippen LogP contribution in [-0.2, 0) is 6.54 Å². The highest BCUT2D eigenvalue weighted by Gasteiger charge is 2.49. The highest BCUT2D eigenvalue weighted by molar-refractivity contribution is 6.34. The fraction of sp³-hybridized carbons (Fsp3) is 0.389. The Labute approximate surface area is 130 Å². The van der Waals surface area contributed by atoms with E-state index in [0.717, 1.165) is 11.6 Å². The predicted molar refractivity (Wildman–Crippen MR) is 86.1 cm³/mol. The molecule has 2 aliphatic carbocycles. The summed E-state index contributed by atoms with van der Waals surface area (Å²) in [6.45, 7) is 7.62. The molecule has 0 radical (unpaired) electrons. The third-order valence-corrected chi connectivity index (χ3v) is 5.57. The van der Waals surface area contributed by atoms with Gasteiger partial charge < -0.3 is 0 Å². The van der Waals surface area contributed by atoms with Gasteiger partial charge in [0.1, 0.15) is 18.6 Å². The van der Waals surface area contributed by atoms with Crippen molar-refractivity contribution in [3.05, 3.63) is 53.0 Å². The van der Waals surface area contributed by atoms with E-state index in [0.29, 0.717) is 17.8 Å². The lowest BCUT2D eigenvalue weighted by Crippen LogP contribution is -2.30. The van der Waals surface area contributed by atoms with Gasteiger partial charge in [-0.3, -0.25) is 0 Å². The molecule has 0 aliphatic heterocycles. The van der Waals surface area contributed by atoms with Crippen molar-refractivity contribution in [2.45, 2.75) is 27.3 Å². The summed E-state index contributed by atoms with van der Waals surface area (Å²) in [4.78, 5) is 0. The topological polar surface area (TPSA) is 8.29 Å². The molecule has 0 spiro atoms. The molecule has 2 aromatic rings. The summed E-state index contributed by atoms with van der Waals surface area (Å²) in [5.41, 5.74) is 4.97. The number of hydrogen-bond donors (Lipinski definition) is 0. The number of aryl methyl sites for hydroxylation is 2. The number of allylic oxidation sites excluding steroid dienone is 4. The Bertz CT molecular complexity index is 797. The van der Waals surface area contributed by atoms with Gasteiger partial charge in [0.05, 0.1) is 6.54 Å². The molecule has 2 heterocycles. The second kappa shape index (κ2) is 4.48. The molecular weight excluding hydrogens is 280 g/mol. The molecule has 3 unspecified atom stereocenters. The lowest BCUT2D eigenvalue weighted by molar-refractivity contribution is -0.667. The second-order valence-corrected chi connectivity index (χ2v) is 6.71. The van der Waals surface area contributed by atoms with Crippen molar-refractivity contribution in [3.63, 3.8) is 0 Å². The third-order valence-electron chi connectivity index (χ3n) is 5.12. The zero-order valence-corrected chi connectivity index (χ0v) is 13.4. The summed E-state index contributed by atoms with van der Waals surface area (Å²) in [6.07, 6.45) is 11.0. The molecular formula is C18H20ClN2+. The first-order chi connectivity index (χ1) is 10.1. The van der Waals surface area contributed by atoms with Crippen LogP contribution in [0.3, 0.4) is 0 Å². The van der Waals surface area contributed by atoms with Gasteiger partial charge in [-0.05, 0) is 31.2 Å². The number of nitrogens with zero attached hydrogens (tertiary/aromatic N) is 2. The molecule has 21 heavy (non-hydrogen) atoms. The van der Waals surface area contributed by atoms with E-state index >= 15 is 0 Å². The first kappa shape index (κ1) is 13.1. The van der Waals surface area contributed by atoms with E-state index in [1.807, 2.05) is 0 Å². The maximum atomic E-state index is 6.67. The molecule has 1 fully saturated rings. The third kappa shape index (κ3) is 1.82. The minimum absolute atomic E-state index is 0.548. The number of rotatable bonds is 2. The number of imidazole rings is 1. The highest BCUT2D eigenvalue weighted by atomic mass is 35.5. The summed E-state index contributed by atoms with van der Waals surface area (Å²) in [5, 5.41) is 1.05. The minimum Gasteiger partial charge on any atom is -0.230 e. The summed E-state index contributed by atoms with van der Waals surface area (Å²) in [7, 11) is 0. The van der Waals surface area contributed by atoms with E-state index in [4.69, 9.17) is 11.6 Å². The fourth-order valence-electron chi connectivity index (χ4n) is 3.66. The van der Waals surface area contributed by atoms with Crippen LogP contribution in [0.5, 0.6) is 0 Å². The zero-order chi connectivity index (χ0) is 14.7. The monoisotopic (exact) mass is 299 g/mol. The largest absolute Gasteiger partial charge is 0.286 e. The normalized spacial score (nSPS) is 27.3. The van der Waals surface area contributed by atoms with Crippen LogP contribution in [0.1, 0.15) is 25.0 Å². The molecule has 0 aromatic carbocycles. The lowest BCUT2D eigenvalue weighted by Gasteiger charge is -2.12. The molecule has 0 N–H and O–H groups in total. The minimum atomic E-state index is 0.548. The van der Waals surface area contributed by atoms with Crippen LogP contribution in [0.25, 0.3) is 11.2 Å². The quantitative estimate of drug-likeness (QED) is 0.742. The van der Waals surface area contributed by atoms with Crippen LogP contribution in [0.4, 0.5) is 0 Å². The summed E-state index contributed by atoms with van der Waals surface area (Å²) >= 11 is 6.67. The van der Waals surface area contributed by atoms with E-state index < -0.39 is 0 Å². The molecule has 2 aliphatic rings. The summed E-state index contributed by atoms with van der Waals surface area (Å²) in [6, 6.07) is 2.26. The molecule has 108 valence electrons. The molecule has 3 atom stereocenters. The molecule has 1 saturated carbocycles. The van der Waals surface area contributed by atoms with E-state index in [9.17, 15) is 0 Å². The van der Waals surface area contributed by atoms with Gasteiger partial charge in [0.2, 0.25) is 0 Å². The van der Waals surface area contributed by atoms with Gasteiger partial charge in [0.15, 0.2) is 0 Å². The van der Waals surface area contributed by atoms with Gasteiger partial charge in [-0.1, -0.05) is 30.7 Å². The van der Waals surface area contributed by atoms with Gasteiger partial charge in [0, 0.05) is 28.2 Å². The van der Waals surface area contributed by atoms with E-state index in [1.54, 1.807) is 0 Å². The van der Waals surface area contributed by atoms with Crippen LogP contribution in [0.15, 0.2) is 41.8 Å². The summed E-state index contributed by atoms with van der Waals surface area (Å²) in [5.74, 6) is 1.91. The number of fused-ring (bicyclic) bond motifs is 2. The first-order valence-corrected chi connectivity index (χ1v) is 8.08. The second-order valence-electron chi connectivity index (χ2n) is 6.30. The van der Waals surface area contributed by atoms with E-state index in [-0.39, 0.29) is 0 Å². The molecule has 0 saturated heterocycles. The number of halogens is 1. The van der Waals surface area contributed by atoms with Crippen molar-refractivity contribution in [2.75, 3.05) is 0 Å². The van der Waals surface area contributed by atoms with Crippen molar-refractivity contribution in [1.82, 2.24) is 4.40 Å². The molecule has 0 amide bonds. The number of hydrogen-bond acceptors (Lipinski definition) is 0. The maximum absolute atomic E-state index is 6.67. The lowest BCUT2D eigenvalue weighted by atomic mass is 9.97. The van der Waals surface area contributed by atoms with Crippen molar-refractivity contribution < 1.29 is 4.57 Å².